The summed E-state index contributed by atoms with van der Waals surface area (Å²) in [5, 5.41) is 50.7. The number of Topliss-reactive ketones (excluding diaryl/α,β-unsaturated/α-hetero) is 2. The summed E-state index contributed by atoms with van der Waals surface area (Å²) in [6.07, 6.45) is 11.4. The first-order valence-corrected chi connectivity index (χ1v) is 26.6. The van der Waals surface area contributed by atoms with E-state index in [-0.39, 0.29) is 113 Å². The van der Waals surface area contributed by atoms with Crippen molar-refractivity contribution in [3.05, 3.63) is 0 Å². The Kier molecular flexibility index (Phi) is 12.6. The number of azo groups is 2. The van der Waals surface area contributed by atoms with E-state index in [1.807, 2.05) is 0 Å². The number of nitrogens with zero attached hydrogens (tertiary/aromatic N) is 5. The number of piperidine rings is 1. The highest BCUT2D eigenvalue weighted by atomic mass is 19.1. The molecule has 15 heteroatoms. The number of ketones is 2. The molecule has 364 valence electrons. The highest BCUT2D eigenvalue weighted by molar-refractivity contribution is 5.88. The minimum atomic E-state index is -1.19. The van der Waals surface area contributed by atoms with Crippen molar-refractivity contribution in [3.63, 3.8) is 0 Å². The van der Waals surface area contributed by atoms with Crippen molar-refractivity contribution >= 4 is 23.4 Å². The number of aliphatic hydroxyl groups is 2. The Morgan fingerprint density at radius 1 is 0.742 bits per heavy atom. The highest BCUT2D eigenvalue weighted by Gasteiger charge is 2.61. The molecule has 4 N–H and O–H groups in total. The lowest BCUT2D eigenvalue weighted by molar-refractivity contribution is -0.161. The zero-order chi connectivity index (χ0) is 45.7. The Labute approximate surface area is 389 Å². The van der Waals surface area contributed by atoms with Gasteiger partial charge in [0.1, 0.15) is 23.8 Å². The van der Waals surface area contributed by atoms with E-state index in [1.165, 1.54) is 25.7 Å². The zero-order valence-corrected chi connectivity index (χ0v) is 39.4. The largest absolute Gasteiger partial charge is 0.391 e. The van der Waals surface area contributed by atoms with Gasteiger partial charge in [-0.05, 0) is 131 Å². The maximum absolute atomic E-state index is 16.6. The number of alkyl halides is 1. The SMILES string of the molecule is COC1CCC(NC(=O)C2CC3CCC4C5CCCCC5NC4C3C(N=NC3CC(F)C4C(C3)C(=O)C3CC(N=NC5CC6C(=O)N(C)CC7C(=O)CCC(C5O)C76)CCC34)C2O)C(C)C1. The molecule has 25 unspecified atom stereocenters. The molecule has 14 nitrogen and oxygen atoms in total. The number of ether oxygens (including phenoxy) is 1. The van der Waals surface area contributed by atoms with E-state index in [0.717, 1.165) is 32.1 Å². The number of halogens is 1. The maximum Gasteiger partial charge on any atom is 0.226 e. The normalized spacial score (nSPS) is 52.3. The Morgan fingerprint density at radius 3 is 2.35 bits per heavy atom. The molecule has 2 amide bonds. The molecule has 2 saturated heterocycles. The molecular weight excluding hydrogens is 842 g/mol. The van der Waals surface area contributed by atoms with Crippen LogP contribution in [-0.2, 0) is 23.9 Å². The summed E-state index contributed by atoms with van der Waals surface area (Å²) in [6.45, 7) is 2.58. The van der Waals surface area contributed by atoms with Crippen LogP contribution in [0.15, 0.2) is 20.5 Å². The molecule has 0 radical (unpaired) electrons. The van der Waals surface area contributed by atoms with Crippen molar-refractivity contribution in [3.8, 4) is 0 Å². The Balaban J connectivity index is 0.775. The zero-order valence-electron chi connectivity index (χ0n) is 39.4. The topological polar surface area (TPSA) is 195 Å². The maximum atomic E-state index is 16.6. The number of carbonyl (C=O) groups excluding carboxylic acids is 4. The van der Waals surface area contributed by atoms with Crippen molar-refractivity contribution in [2.45, 2.75) is 189 Å². The van der Waals surface area contributed by atoms with E-state index >= 15 is 4.39 Å². The number of methoxy groups -OCH3 is 1. The van der Waals surface area contributed by atoms with Crippen LogP contribution in [0, 0.1) is 82.9 Å². The summed E-state index contributed by atoms with van der Waals surface area (Å²) >= 11 is 0. The molecular formula is C51H76FN7O7. The van der Waals surface area contributed by atoms with Gasteiger partial charge in [-0.25, -0.2) is 4.39 Å². The second kappa shape index (κ2) is 18.2. The van der Waals surface area contributed by atoms with Gasteiger partial charge >= 0.3 is 0 Å². The van der Waals surface area contributed by atoms with Crippen molar-refractivity contribution in [1.82, 2.24) is 15.5 Å². The molecule has 0 aromatic heterocycles. The molecule has 0 spiro atoms. The van der Waals surface area contributed by atoms with Gasteiger partial charge in [-0.1, -0.05) is 19.8 Å². The molecule has 11 fully saturated rings. The van der Waals surface area contributed by atoms with Gasteiger partial charge in [-0.2, -0.15) is 20.5 Å². The molecule has 0 aromatic rings. The number of nitrogens with one attached hydrogen (secondary N) is 2. The smallest absolute Gasteiger partial charge is 0.226 e. The quantitative estimate of drug-likeness (QED) is 0.235. The lowest BCUT2D eigenvalue weighted by Crippen LogP contribution is -2.61. The van der Waals surface area contributed by atoms with Crippen LogP contribution in [0.2, 0.25) is 0 Å². The van der Waals surface area contributed by atoms with Crippen LogP contribution >= 0.6 is 0 Å². The van der Waals surface area contributed by atoms with E-state index in [4.69, 9.17) is 25.2 Å². The molecule has 11 rings (SSSR count). The van der Waals surface area contributed by atoms with Crippen molar-refractivity contribution in [2.24, 2.45) is 103 Å². The predicted octanol–water partition coefficient (Wildman–Crippen LogP) is 5.67. The summed E-state index contributed by atoms with van der Waals surface area (Å²) in [4.78, 5) is 56.4. The van der Waals surface area contributed by atoms with E-state index < -0.39 is 48.3 Å². The number of rotatable bonds is 7. The number of amides is 2. The first kappa shape index (κ1) is 45.7. The molecule has 0 aromatic carbocycles. The van der Waals surface area contributed by atoms with Gasteiger partial charge in [0, 0.05) is 87.2 Å². The van der Waals surface area contributed by atoms with Crippen LogP contribution in [0.25, 0.3) is 0 Å². The number of fused-ring (bicyclic) bond motifs is 8. The Hall–Kier alpha value is -2.75. The second-order valence-corrected chi connectivity index (χ2v) is 23.8. The number of hydrogen-bond acceptors (Lipinski definition) is 12. The van der Waals surface area contributed by atoms with Crippen LogP contribution in [0.5, 0.6) is 0 Å². The fourth-order valence-corrected chi connectivity index (χ4v) is 17.5. The van der Waals surface area contributed by atoms with Gasteiger partial charge in [0.2, 0.25) is 11.8 Å². The van der Waals surface area contributed by atoms with Gasteiger partial charge < -0.3 is 30.5 Å². The van der Waals surface area contributed by atoms with Crippen LogP contribution in [0.1, 0.15) is 122 Å². The van der Waals surface area contributed by atoms with E-state index in [2.05, 4.69) is 17.6 Å². The van der Waals surface area contributed by atoms with Crippen LogP contribution in [0.4, 0.5) is 4.39 Å². The van der Waals surface area contributed by atoms with Crippen molar-refractivity contribution < 1.29 is 38.5 Å². The van der Waals surface area contributed by atoms with Crippen LogP contribution in [-0.4, -0.2) is 126 Å². The lowest BCUT2D eigenvalue weighted by atomic mass is 9.56. The van der Waals surface area contributed by atoms with E-state index in [1.54, 1.807) is 19.1 Å². The van der Waals surface area contributed by atoms with Gasteiger partial charge in [0.15, 0.2) is 0 Å². The van der Waals surface area contributed by atoms with Gasteiger partial charge in [-0.15, -0.1) is 0 Å². The molecule has 25 atom stereocenters. The second-order valence-electron chi connectivity index (χ2n) is 23.8. The first-order valence-electron chi connectivity index (χ1n) is 26.6. The van der Waals surface area contributed by atoms with Gasteiger partial charge in [-0.3, -0.25) is 19.2 Å². The molecule has 0 bridgehead atoms. The summed E-state index contributed by atoms with van der Waals surface area (Å²) in [5.74, 6) is -0.787. The Morgan fingerprint density at radius 2 is 1.53 bits per heavy atom. The third-order valence-corrected chi connectivity index (χ3v) is 20.7. The predicted molar refractivity (Wildman–Crippen MR) is 241 cm³/mol. The molecule has 66 heavy (non-hydrogen) atoms. The number of hydrogen-bond donors (Lipinski definition) is 4. The van der Waals surface area contributed by atoms with Crippen molar-refractivity contribution in [1.29, 1.82) is 0 Å². The molecule has 2 aliphatic heterocycles. The lowest BCUT2D eigenvalue weighted by Gasteiger charge is -2.52. The van der Waals surface area contributed by atoms with Gasteiger partial charge in [0.25, 0.3) is 0 Å². The summed E-state index contributed by atoms with van der Waals surface area (Å²) in [6, 6.07) is -1.11. The molecule has 9 aliphatic carbocycles. The Bertz CT molecular complexity index is 1940. The summed E-state index contributed by atoms with van der Waals surface area (Å²) < 4.78 is 22.3. The number of likely N-dealkylation sites (tertiary alicyclic amines) is 1. The van der Waals surface area contributed by atoms with Crippen molar-refractivity contribution in [2.75, 3.05) is 20.7 Å². The minimum absolute atomic E-state index is 0.0177. The van der Waals surface area contributed by atoms with E-state index in [9.17, 15) is 29.4 Å². The third-order valence-electron chi connectivity index (χ3n) is 20.7. The fourth-order valence-electron chi connectivity index (χ4n) is 17.5. The average molecular weight is 918 g/mol. The number of carbonyl (C=O) groups is 4. The molecule has 11 aliphatic rings. The summed E-state index contributed by atoms with van der Waals surface area (Å²) in [5.41, 5.74) is 0. The first-order chi connectivity index (χ1) is 31.9. The minimum Gasteiger partial charge on any atom is -0.391 e. The molecule has 9 saturated carbocycles. The highest BCUT2D eigenvalue weighted by Crippen LogP contribution is 2.56. The molecule has 2 heterocycles. The van der Waals surface area contributed by atoms with E-state index in [0.29, 0.717) is 75.8 Å². The standard InChI is InChI=1S/C51H76FN7O7/c1-23-16-27(66-3)10-14-38(23)54-50(64)35-17-24-8-11-30-28-6-4-5-7-39(28)53-45(30)42(24)46(49(35)63)58-56-26-19-33-44(37(52)20-26)29-12-9-25(18-32(29)47(33)61)55-57-40-21-34-43-31(48(40)62)13-15-41(60)36(43)22-59(2)51(34)65/h23-40,42-46,48-49,53,62-63H,4-22H2,1-3H3,(H,54,64). The average Bonchev–Trinajstić information content (AvgIpc) is 3.83. The summed E-state index contributed by atoms with van der Waals surface area (Å²) in [7, 11) is 3.51. The van der Waals surface area contributed by atoms with Crippen LogP contribution < -0.4 is 10.6 Å². The third kappa shape index (κ3) is 7.85. The monoisotopic (exact) mass is 918 g/mol. The van der Waals surface area contributed by atoms with Crippen LogP contribution in [0.3, 0.4) is 0 Å². The fraction of sp³-hybridized carbons (Fsp3) is 0.922. The number of aliphatic hydroxyl groups excluding tert-OH is 2. The van der Waals surface area contributed by atoms with Gasteiger partial charge in [0.05, 0.1) is 42.4 Å².